The molecule has 0 saturated heterocycles. The fraction of sp³-hybridized carbons (Fsp3) is 1.00. The van der Waals surface area contributed by atoms with E-state index >= 15 is 0 Å². The molecule has 0 amide bonds. The molecule has 0 aromatic carbocycles. The van der Waals surface area contributed by atoms with Crippen molar-refractivity contribution in [3.8, 4) is 0 Å². The average Bonchev–Trinajstić information content (AvgIpc) is 2.41. The highest BCUT2D eigenvalue weighted by atomic mass is 15.3. The highest BCUT2D eigenvalue weighted by Crippen LogP contribution is 2.28. The molecule has 0 aliphatic rings. The van der Waals surface area contributed by atoms with Crippen LogP contribution in [0.5, 0.6) is 0 Å². The first-order chi connectivity index (χ1) is 9.21. The summed E-state index contributed by atoms with van der Waals surface area (Å²) in [6.07, 6.45) is 0. The van der Waals surface area contributed by atoms with Gasteiger partial charge in [-0.15, -0.1) is 0 Å². The Labute approximate surface area is 122 Å². The van der Waals surface area contributed by atoms with E-state index in [0.717, 1.165) is 0 Å². The minimum absolute atomic E-state index is 0.167. The minimum Gasteiger partial charge on any atom is -0.329 e. The first kappa shape index (κ1) is 19.7. The summed E-state index contributed by atoms with van der Waals surface area (Å²) in [6.45, 7) is 0.897. The topological polar surface area (TPSA) is 163 Å². The van der Waals surface area contributed by atoms with Crippen molar-refractivity contribution in [2.45, 2.75) is 29.7 Å². The van der Waals surface area contributed by atoms with E-state index < -0.39 is 5.54 Å². The lowest BCUT2D eigenvalue weighted by molar-refractivity contribution is -0.00287. The monoisotopic (exact) mass is 290 g/mol. The molecule has 4 unspecified atom stereocenters. The van der Waals surface area contributed by atoms with Crippen LogP contribution >= 0.6 is 0 Å². The lowest BCUT2D eigenvalue weighted by Crippen LogP contribution is -2.80. The summed E-state index contributed by atoms with van der Waals surface area (Å²) in [5.74, 6) is 0. The summed E-state index contributed by atoms with van der Waals surface area (Å²) >= 11 is 0. The van der Waals surface area contributed by atoms with Crippen LogP contribution in [-0.2, 0) is 0 Å². The normalized spacial score (nSPS) is 21.6. The molecule has 0 fully saturated rings. The molecule has 0 aliphatic carbocycles. The lowest BCUT2D eigenvalue weighted by Gasteiger charge is -2.56. The third-order valence-corrected chi connectivity index (χ3v) is 4.18. The fourth-order valence-corrected chi connectivity index (χ4v) is 3.29. The van der Waals surface area contributed by atoms with Gasteiger partial charge in [0.2, 0.25) is 0 Å². The van der Waals surface area contributed by atoms with Crippen LogP contribution in [0, 0.1) is 0 Å². The lowest BCUT2D eigenvalue weighted by atomic mass is 9.72. The second kappa shape index (κ2) is 8.20. The number of rotatable bonds is 9. The Kier molecular flexibility index (Phi) is 8.07. The zero-order chi connectivity index (χ0) is 16.1. The first-order valence-electron chi connectivity index (χ1n) is 6.92. The predicted molar refractivity (Wildman–Crippen MR) is 85.0 cm³/mol. The fourth-order valence-electron chi connectivity index (χ4n) is 3.29. The molecule has 0 bridgehead atoms. The molecule has 122 valence electrons. The van der Waals surface area contributed by atoms with Gasteiger partial charge >= 0.3 is 0 Å². The summed E-state index contributed by atoms with van der Waals surface area (Å²) in [5.41, 5.74) is 35.7. The van der Waals surface area contributed by atoms with Gasteiger partial charge in [0.05, 0.1) is 5.54 Å². The van der Waals surface area contributed by atoms with Crippen LogP contribution < -0.4 is 34.4 Å². The standard InChI is InChI=1S/C12H34N8/c1-19(2)11(8(16)5-13)12(20(3)4,9(17)6-14)10(18)7-15/h8-11H,5-7,13-18H2,1-4H3. The number of nitrogens with zero attached hydrogens (tertiary/aromatic N) is 2. The Hall–Kier alpha value is -0.320. The molecule has 0 aliphatic heterocycles. The third-order valence-electron chi connectivity index (χ3n) is 4.18. The molecule has 8 nitrogen and oxygen atoms in total. The van der Waals surface area contributed by atoms with Crippen LogP contribution in [0.25, 0.3) is 0 Å². The van der Waals surface area contributed by atoms with Crippen LogP contribution in [0.2, 0.25) is 0 Å². The van der Waals surface area contributed by atoms with Gasteiger partial charge in [-0.1, -0.05) is 0 Å². The molecule has 0 saturated carbocycles. The van der Waals surface area contributed by atoms with E-state index in [1.54, 1.807) is 0 Å². The van der Waals surface area contributed by atoms with Gasteiger partial charge in [0.25, 0.3) is 0 Å². The number of hydrogen-bond donors (Lipinski definition) is 6. The summed E-state index contributed by atoms with van der Waals surface area (Å²) in [4.78, 5) is 3.99. The van der Waals surface area contributed by atoms with Gasteiger partial charge in [0.1, 0.15) is 0 Å². The Morgan fingerprint density at radius 3 is 1.40 bits per heavy atom. The summed E-state index contributed by atoms with van der Waals surface area (Å²) < 4.78 is 0. The maximum absolute atomic E-state index is 6.34. The van der Waals surface area contributed by atoms with Crippen molar-refractivity contribution in [1.82, 2.24) is 9.80 Å². The molecule has 0 aromatic rings. The Bertz CT molecular complexity index is 260. The van der Waals surface area contributed by atoms with Gasteiger partial charge in [0, 0.05) is 43.8 Å². The van der Waals surface area contributed by atoms with Crippen molar-refractivity contribution in [1.29, 1.82) is 0 Å². The second-order valence-electron chi connectivity index (χ2n) is 5.77. The van der Waals surface area contributed by atoms with Crippen molar-refractivity contribution in [2.24, 2.45) is 34.4 Å². The van der Waals surface area contributed by atoms with Crippen molar-refractivity contribution in [2.75, 3.05) is 47.8 Å². The molecule has 4 atom stereocenters. The molecule has 20 heavy (non-hydrogen) atoms. The molecule has 0 aromatic heterocycles. The van der Waals surface area contributed by atoms with Gasteiger partial charge in [-0.3, -0.25) is 4.90 Å². The smallest absolute Gasteiger partial charge is 0.0703 e. The van der Waals surface area contributed by atoms with Gasteiger partial charge in [-0.2, -0.15) is 0 Å². The maximum atomic E-state index is 6.34. The average molecular weight is 290 g/mol. The minimum atomic E-state index is -0.661. The van der Waals surface area contributed by atoms with Gasteiger partial charge < -0.3 is 39.3 Å². The van der Waals surface area contributed by atoms with Crippen LogP contribution in [0.4, 0.5) is 0 Å². The summed E-state index contributed by atoms with van der Waals surface area (Å²) in [5, 5.41) is 0. The molecule has 8 heteroatoms. The third kappa shape index (κ3) is 3.46. The first-order valence-corrected chi connectivity index (χ1v) is 6.92. The quantitative estimate of drug-likeness (QED) is 0.251. The van der Waals surface area contributed by atoms with E-state index in [1.165, 1.54) is 0 Å². The van der Waals surface area contributed by atoms with E-state index in [2.05, 4.69) is 0 Å². The van der Waals surface area contributed by atoms with Crippen LogP contribution in [0.15, 0.2) is 0 Å². The SMILES string of the molecule is CN(C)C(C(N)CN)C(C(N)CN)(C(N)CN)N(C)C. The highest BCUT2D eigenvalue weighted by molar-refractivity contribution is 5.15. The largest absolute Gasteiger partial charge is 0.329 e. The van der Waals surface area contributed by atoms with Crippen molar-refractivity contribution in [3.63, 3.8) is 0 Å². The Balaban J connectivity index is 6.02. The van der Waals surface area contributed by atoms with Gasteiger partial charge in [0.15, 0.2) is 0 Å². The zero-order valence-electron chi connectivity index (χ0n) is 13.3. The molecule has 12 N–H and O–H groups in total. The van der Waals surface area contributed by atoms with E-state index in [4.69, 9.17) is 34.4 Å². The maximum Gasteiger partial charge on any atom is 0.0703 e. The molecular weight excluding hydrogens is 256 g/mol. The second-order valence-corrected chi connectivity index (χ2v) is 5.77. The number of likely N-dealkylation sites (N-methyl/N-ethyl adjacent to an activating group) is 2. The Morgan fingerprint density at radius 1 is 0.800 bits per heavy atom. The molecule has 0 spiro atoms. The van der Waals surface area contributed by atoms with Crippen LogP contribution in [-0.4, -0.2) is 87.3 Å². The Morgan fingerprint density at radius 2 is 1.20 bits per heavy atom. The molecule has 0 rings (SSSR count). The zero-order valence-corrected chi connectivity index (χ0v) is 13.3. The molecule has 0 radical (unpaired) electrons. The number of nitrogens with two attached hydrogens (primary N) is 6. The van der Waals surface area contributed by atoms with E-state index in [1.807, 2.05) is 38.0 Å². The van der Waals surface area contributed by atoms with Crippen LogP contribution in [0.1, 0.15) is 0 Å². The van der Waals surface area contributed by atoms with Crippen molar-refractivity contribution in [3.05, 3.63) is 0 Å². The van der Waals surface area contributed by atoms with E-state index in [9.17, 15) is 0 Å². The summed E-state index contributed by atoms with van der Waals surface area (Å²) in [7, 11) is 7.71. The van der Waals surface area contributed by atoms with Gasteiger partial charge in [-0.05, 0) is 28.2 Å². The molecule has 0 heterocycles. The highest BCUT2D eigenvalue weighted by Gasteiger charge is 2.52. The van der Waals surface area contributed by atoms with Crippen molar-refractivity contribution < 1.29 is 0 Å². The van der Waals surface area contributed by atoms with E-state index in [0.29, 0.717) is 6.54 Å². The predicted octanol–water partition coefficient (Wildman–Crippen LogP) is -3.93. The van der Waals surface area contributed by atoms with E-state index in [-0.39, 0.29) is 37.3 Å². The summed E-state index contributed by atoms with van der Waals surface area (Å²) in [6, 6.07) is -1.20. The van der Waals surface area contributed by atoms with Gasteiger partial charge in [-0.25, -0.2) is 0 Å². The van der Waals surface area contributed by atoms with Crippen LogP contribution in [0.3, 0.4) is 0 Å². The molecular formula is C12H34N8. The number of hydrogen-bond acceptors (Lipinski definition) is 8. The van der Waals surface area contributed by atoms with Crippen molar-refractivity contribution >= 4 is 0 Å².